The summed E-state index contributed by atoms with van der Waals surface area (Å²) in [5.41, 5.74) is 5.85. The van der Waals surface area contributed by atoms with Gasteiger partial charge < -0.3 is 10.3 Å². The van der Waals surface area contributed by atoms with Crippen molar-refractivity contribution < 1.29 is 13.2 Å². The van der Waals surface area contributed by atoms with Gasteiger partial charge >= 0.3 is 0 Å². The predicted octanol–water partition coefficient (Wildman–Crippen LogP) is 7.12. The van der Waals surface area contributed by atoms with Crippen molar-refractivity contribution >= 4 is 43.9 Å². The molecule has 0 fully saturated rings. The molecule has 0 spiro atoms. The zero-order valence-corrected chi connectivity index (χ0v) is 21.2. The molecule has 0 saturated heterocycles. The number of nitrogens with one attached hydrogen (secondary N) is 2. The number of H-pyrrole nitrogens is 1. The van der Waals surface area contributed by atoms with Crippen LogP contribution in [0.25, 0.3) is 33.3 Å². The summed E-state index contributed by atoms with van der Waals surface area (Å²) >= 11 is 6.50. The van der Waals surface area contributed by atoms with E-state index >= 15 is 0 Å². The van der Waals surface area contributed by atoms with Gasteiger partial charge in [0.25, 0.3) is 5.91 Å². The number of aromatic nitrogens is 1. The molecule has 4 aromatic carbocycles. The second-order valence-electron chi connectivity index (χ2n) is 8.77. The maximum absolute atomic E-state index is 13.4. The zero-order valence-electron chi connectivity index (χ0n) is 19.7. The Morgan fingerprint density at radius 2 is 1.67 bits per heavy atom. The average Bonchev–Trinajstić information content (AvgIpc) is 3.28. The Morgan fingerprint density at radius 3 is 2.42 bits per heavy atom. The van der Waals surface area contributed by atoms with Crippen LogP contribution in [0.1, 0.15) is 15.9 Å². The number of halogens is 1. The SMILES string of the molecule is Cc1cccc(-c2cc(S(C)(=O)=O)ccc2C(=O)Nc2ccc(Cl)c(-c3cc4ccccc4[nH]3)c2)c1. The minimum atomic E-state index is -3.45. The molecule has 36 heavy (non-hydrogen) atoms. The Kier molecular flexibility index (Phi) is 6.16. The van der Waals surface area contributed by atoms with Crippen LogP contribution in [0.3, 0.4) is 0 Å². The highest BCUT2D eigenvalue weighted by molar-refractivity contribution is 7.90. The molecule has 0 bridgehead atoms. The van der Waals surface area contributed by atoms with Crippen LogP contribution in [0.2, 0.25) is 5.02 Å². The fraction of sp³-hybridized carbons (Fsp3) is 0.0690. The molecule has 1 heterocycles. The number of aryl methyl sites for hydroxylation is 1. The molecule has 2 N–H and O–H groups in total. The molecule has 1 aromatic heterocycles. The van der Waals surface area contributed by atoms with Gasteiger partial charge in [-0.25, -0.2) is 8.42 Å². The molecule has 5 rings (SSSR count). The lowest BCUT2D eigenvalue weighted by Gasteiger charge is -2.14. The molecule has 0 saturated carbocycles. The van der Waals surface area contributed by atoms with Gasteiger partial charge in [-0.2, -0.15) is 0 Å². The molecule has 0 atom stereocenters. The molecule has 0 unspecified atom stereocenters. The van der Waals surface area contributed by atoms with Crippen molar-refractivity contribution in [3.8, 4) is 22.4 Å². The van der Waals surface area contributed by atoms with E-state index in [-0.39, 0.29) is 10.8 Å². The first-order chi connectivity index (χ1) is 17.2. The summed E-state index contributed by atoms with van der Waals surface area (Å²) in [4.78, 5) is 16.9. The summed E-state index contributed by atoms with van der Waals surface area (Å²) in [6.07, 6.45) is 1.15. The van der Waals surface area contributed by atoms with Gasteiger partial charge in [-0.3, -0.25) is 4.79 Å². The van der Waals surface area contributed by atoms with Crippen LogP contribution >= 0.6 is 11.6 Å². The van der Waals surface area contributed by atoms with E-state index < -0.39 is 9.84 Å². The number of aromatic amines is 1. The zero-order chi connectivity index (χ0) is 25.4. The summed E-state index contributed by atoms with van der Waals surface area (Å²) in [6, 6.07) is 27.4. The van der Waals surface area contributed by atoms with Gasteiger partial charge in [0.1, 0.15) is 0 Å². The number of carbonyl (C=O) groups excluding carboxylic acids is 1. The lowest BCUT2D eigenvalue weighted by atomic mass is 9.97. The third kappa shape index (κ3) is 4.78. The summed E-state index contributed by atoms with van der Waals surface area (Å²) in [6.45, 7) is 1.95. The Balaban J connectivity index is 1.53. The molecule has 0 aliphatic heterocycles. The lowest BCUT2D eigenvalue weighted by molar-refractivity contribution is 0.102. The van der Waals surface area contributed by atoms with Crippen LogP contribution in [0, 0.1) is 6.92 Å². The summed E-state index contributed by atoms with van der Waals surface area (Å²) in [5, 5.41) is 4.57. The lowest BCUT2D eigenvalue weighted by Crippen LogP contribution is -2.14. The monoisotopic (exact) mass is 514 g/mol. The van der Waals surface area contributed by atoms with E-state index in [1.807, 2.05) is 67.6 Å². The first-order valence-corrected chi connectivity index (χ1v) is 13.6. The van der Waals surface area contributed by atoms with Crippen LogP contribution in [-0.4, -0.2) is 25.6 Å². The smallest absolute Gasteiger partial charge is 0.256 e. The minimum absolute atomic E-state index is 0.156. The molecular formula is C29H23ClN2O3S. The van der Waals surface area contributed by atoms with Crippen molar-refractivity contribution in [2.75, 3.05) is 11.6 Å². The number of benzene rings is 4. The van der Waals surface area contributed by atoms with E-state index in [9.17, 15) is 13.2 Å². The van der Waals surface area contributed by atoms with E-state index in [0.717, 1.165) is 39.5 Å². The molecule has 180 valence electrons. The van der Waals surface area contributed by atoms with Gasteiger partial charge in [0.05, 0.1) is 9.92 Å². The Labute approximate surface area is 214 Å². The van der Waals surface area contributed by atoms with Crippen molar-refractivity contribution in [1.29, 1.82) is 0 Å². The Hall–Kier alpha value is -3.87. The van der Waals surface area contributed by atoms with E-state index in [0.29, 0.717) is 21.8 Å². The molecule has 5 nitrogen and oxygen atoms in total. The van der Waals surface area contributed by atoms with Gasteiger partial charge in [0.2, 0.25) is 0 Å². The topological polar surface area (TPSA) is 79.0 Å². The first kappa shape index (κ1) is 23.9. The summed E-state index contributed by atoms with van der Waals surface area (Å²) in [5.74, 6) is -0.350. The Morgan fingerprint density at radius 1 is 0.861 bits per heavy atom. The largest absolute Gasteiger partial charge is 0.354 e. The molecule has 7 heteroatoms. The van der Waals surface area contributed by atoms with Gasteiger partial charge in [0.15, 0.2) is 9.84 Å². The highest BCUT2D eigenvalue weighted by Gasteiger charge is 2.18. The number of hydrogen-bond donors (Lipinski definition) is 2. The second-order valence-corrected chi connectivity index (χ2v) is 11.2. The fourth-order valence-corrected chi connectivity index (χ4v) is 5.10. The maximum atomic E-state index is 13.4. The normalized spacial score (nSPS) is 11.5. The molecule has 0 aliphatic carbocycles. The third-order valence-electron chi connectivity index (χ3n) is 6.04. The second kappa shape index (κ2) is 9.30. The van der Waals surface area contributed by atoms with E-state index in [4.69, 9.17) is 11.6 Å². The number of anilines is 1. The van der Waals surface area contributed by atoms with Gasteiger partial charge in [-0.15, -0.1) is 0 Å². The quantitative estimate of drug-likeness (QED) is 0.262. The number of sulfone groups is 1. The molecule has 0 aliphatic rings. The van der Waals surface area contributed by atoms with Crippen molar-refractivity contribution in [2.45, 2.75) is 11.8 Å². The van der Waals surface area contributed by atoms with Crippen LogP contribution in [0.15, 0.2) is 95.9 Å². The van der Waals surface area contributed by atoms with Crippen molar-refractivity contribution in [3.63, 3.8) is 0 Å². The van der Waals surface area contributed by atoms with E-state index in [1.54, 1.807) is 24.3 Å². The average molecular weight is 515 g/mol. The van der Waals surface area contributed by atoms with Crippen molar-refractivity contribution in [3.05, 3.63) is 107 Å². The number of rotatable bonds is 5. The van der Waals surface area contributed by atoms with E-state index in [2.05, 4.69) is 10.3 Å². The van der Waals surface area contributed by atoms with Gasteiger partial charge in [0, 0.05) is 39.7 Å². The summed E-state index contributed by atoms with van der Waals surface area (Å²) in [7, 11) is -3.45. The number of hydrogen-bond acceptors (Lipinski definition) is 3. The minimum Gasteiger partial charge on any atom is -0.354 e. The first-order valence-electron chi connectivity index (χ1n) is 11.3. The summed E-state index contributed by atoms with van der Waals surface area (Å²) < 4.78 is 24.4. The number of fused-ring (bicyclic) bond motifs is 1. The van der Waals surface area contributed by atoms with Crippen LogP contribution in [-0.2, 0) is 9.84 Å². The molecule has 1 amide bonds. The van der Waals surface area contributed by atoms with Crippen molar-refractivity contribution in [2.24, 2.45) is 0 Å². The highest BCUT2D eigenvalue weighted by atomic mass is 35.5. The molecule has 0 radical (unpaired) electrons. The maximum Gasteiger partial charge on any atom is 0.256 e. The standard InChI is InChI=1S/C29H23ClN2O3S/c1-18-6-5-8-19(14-18)24-17-22(36(2,34)35)11-12-23(24)29(33)31-21-10-13-26(30)25(16-21)28-15-20-7-3-4-9-27(20)32-28/h3-17,32H,1-2H3,(H,31,33). The number of amides is 1. The predicted molar refractivity (Wildman–Crippen MR) is 146 cm³/mol. The van der Waals surface area contributed by atoms with Crippen LogP contribution in [0.5, 0.6) is 0 Å². The highest BCUT2D eigenvalue weighted by Crippen LogP contribution is 2.33. The third-order valence-corrected chi connectivity index (χ3v) is 7.48. The Bertz CT molecular complexity index is 1710. The molecule has 5 aromatic rings. The van der Waals surface area contributed by atoms with Gasteiger partial charge in [-0.05, 0) is 66.6 Å². The number of carbonyl (C=O) groups is 1. The molecular weight excluding hydrogens is 492 g/mol. The van der Waals surface area contributed by atoms with Crippen molar-refractivity contribution in [1.82, 2.24) is 4.98 Å². The number of para-hydroxylation sites is 1. The fourth-order valence-electron chi connectivity index (χ4n) is 4.23. The van der Waals surface area contributed by atoms with Crippen LogP contribution < -0.4 is 5.32 Å². The van der Waals surface area contributed by atoms with E-state index in [1.165, 1.54) is 6.07 Å². The van der Waals surface area contributed by atoms with Crippen LogP contribution in [0.4, 0.5) is 5.69 Å². The van der Waals surface area contributed by atoms with Gasteiger partial charge in [-0.1, -0.05) is 59.6 Å².